The van der Waals surface area contributed by atoms with Crippen molar-refractivity contribution < 1.29 is 13.2 Å². The van der Waals surface area contributed by atoms with E-state index in [2.05, 4.69) is 5.32 Å². The van der Waals surface area contributed by atoms with Gasteiger partial charge in [0, 0.05) is 31.9 Å². The van der Waals surface area contributed by atoms with Crippen molar-refractivity contribution in [3.8, 4) is 6.07 Å². The van der Waals surface area contributed by atoms with Crippen molar-refractivity contribution in [3.05, 3.63) is 95.1 Å². The fourth-order valence-electron chi connectivity index (χ4n) is 4.29. The van der Waals surface area contributed by atoms with E-state index in [1.807, 2.05) is 73.3 Å². The van der Waals surface area contributed by atoms with E-state index in [1.54, 1.807) is 0 Å². The predicted octanol–water partition coefficient (Wildman–Crippen LogP) is 3.86. The number of aryl methyl sites for hydroxylation is 2. The maximum Gasteiger partial charge on any atom is 0.246 e. The van der Waals surface area contributed by atoms with E-state index in [0.717, 1.165) is 22.4 Å². The molecule has 3 aromatic carbocycles. The van der Waals surface area contributed by atoms with Crippen molar-refractivity contribution in [3.63, 3.8) is 0 Å². The van der Waals surface area contributed by atoms with Gasteiger partial charge in [0.05, 0.1) is 16.5 Å². The van der Waals surface area contributed by atoms with Crippen molar-refractivity contribution in [2.75, 3.05) is 31.5 Å². The second-order valence-corrected chi connectivity index (χ2v) is 10.6. The Balaban J connectivity index is 1.53. The number of hydrogen-bond donors (Lipinski definition) is 1. The maximum absolute atomic E-state index is 13.5. The summed E-state index contributed by atoms with van der Waals surface area (Å²) in [5.41, 5.74) is 4.09. The predicted molar refractivity (Wildman–Crippen MR) is 135 cm³/mol. The summed E-state index contributed by atoms with van der Waals surface area (Å²) in [6.07, 6.45) is 0. The van der Waals surface area contributed by atoms with Crippen molar-refractivity contribution in [2.45, 2.75) is 24.8 Å². The van der Waals surface area contributed by atoms with E-state index < -0.39 is 16.1 Å². The van der Waals surface area contributed by atoms with E-state index >= 15 is 0 Å². The van der Waals surface area contributed by atoms with Gasteiger partial charge in [-0.05, 0) is 60.9 Å². The first kappa shape index (κ1) is 24.6. The highest BCUT2D eigenvalue weighted by molar-refractivity contribution is 7.89. The van der Waals surface area contributed by atoms with Crippen LogP contribution in [0.25, 0.3) is 0 Å². The number of amides is 1. The van der Waals surface area contributed by atoms with Crippen LogP contribution in [-0.4, -0.2) is 49.7 Å². The molecule has 0 aromatic heterocycles. The van der Waals surface area contributed by atoms with Crippen LogP contribution in [0.3, 0.4) is 0 Å². The van der Waals surface area contributed by atoms with E-state index in [4.69, 9.17) is 5.26 Å². The number of sulfonamides is 1. The van der Waals surface area contributed by atoms with E-state index in [1.165, 1.54) is 28.6 Å². The number of rotatable bonds is 6. The first-order valence-corrected chi connectivity index (χ1v) is 12.9. The van der Waals surface area contributed by atoms with E-state index in [9.17, 15) is 13.2 Å². The molecule has 180 valence electrons. The Morgan fingerprint density at radius 3 is 2.23 bits per heavy atom. The average molecular weight is 489 g/mol. The van der Waals surface area contributed by atoms with Crippen LogP contribution in [-0.2, 0) is 14.8 Å². The number of carbonyl (C=O) groups is 1. The average Bonchev–Trinajstić information content (AvgIpc) is 2.87. The summed E-state index contributed by atoms with van der Waals surface area (Å²) in [4.78, 5) is 15.7. The molecule has 1 amide bonds. The highest BCUT2D eigenvalue weighted by atomic mass is 32.2. The Kier molecular flexibility index (Phi) is 7.31. The molecule has 0 spiro atoms. The SMILES string of the molecule is Cc1ccc(C)c(NC(=O)[C@@H](c2ccccc2)N2CCN(S(=O)(=O)c3ccc(C#N)cc3)CC2)c1. The molecule has 1 fully saturated rings. The Labute approximate surface area is 206 Å². The largest absolute Gasteiger partial charge is 0.324 e. The van der Waals surface area contributed by atoms with Gasteiger partial charge in [-0.3, -0.25) is 9.69 Å². The molecule has 4 rings (SSSR count). The minimum Gasteiger partial charge on any atom is -0.324 e. The van der Waals surface area contributed by atoms with Crippen molar-refractivity contribution in [1.29, 1.82) is 5.26 Å². The lowest BCUT2D eigenvalue weighted by Gasteiger charge is -2.38. The summed E-state index contributed by atoms with van der Waals surface area (Å²) in [5, 5.41) is 12.1. The van der Waals surface area contributed by atoms with Gasteiger partial charge in [-0.15, -0.1) is 0 Å². The third-order valence-corrected chi connectivity index (χ3v) is 8.19. The maximum atomic E-state index is 13.5. The molecule has 0 saturated carbocycles. The third kappa shape index (κ3) is 5.43. The van der Waals surface area contributed by atoms with E-state index in [-0.39, 0.29) is 23.9 Å². The first-order chi connectivity index (χ1) is 16.8. The smallest absolute Gasteiger partial charge is 0.246 e. The van der Waals surface area contributed by atoms with Crippen LogP contribution in [0.4, 0.5) is 5.69 Å². The van der Waals surface area contributed by atoms with Gasteiger partial charge >= 0.3 is 0 Å². The molecule has 35 heavy (non-hydrogen) atoms. The van der Waals surface area contributed by atoms with Crippen LogP contribution < -0.4 is 5.32 Å². The first-order valence-electron chi connectivity index (χ1n) is 11.5. The Morgan fingerprint density at radius 2 is 1.60 bits per heavy atom. The Morgan fingerprint density at radius 1 is 0.943 bits per heavy atom. The molecule has 0 aliphatic carbocycles. The number of benzene rings is 3. The minimum atomic E-state index is -3.68. The number of anilines is 1. The van der Waals surface area contributed by atoms with Gasteiger partial charge < -0.3 is 5.32 Å². The lowest BCUT2D eigenvalue weighted by molar-refractivity contribution is -0.122. The van der Waals surface area contributed by atoms with Gasteiger partial charge in [0.2, 0.25) is 15.9 Å². The van der Waals surface area contributed by atoms with Gasteiger partial charge in [-0.2, -0.15) is 9.57 Å². The molecular formula is C27H28N4O3S. The fourth-order valence-corrected chi connectivity index (χ4v) is 5.71. The van der Waals surface area contributed by atoms with Crippen LogP contribution in [0.2, 0.25) is 0 Å². The number of nitrogens with one attached hydrogen (secondary N) is 1. The summed E-state index contributed by atoms with van der Waals surface area (Å²) in [5.74, 6) is -0.145. The van der Waals surface area contributed by atoms with E-state index in [0.29, 0.717) is 18.7 Å². The van der Waals surface area contributed by atoms with Crippen LogP contribution in [0.1, 0.15) is 28.3 Å². The summed E-state index contributed by atoms with van der Waals surface area (Å²) in [7, 11) is -3.68. The fraction of sp³-hybridized carbons (Fsp3) is 0.259. The Bertz CT molecular complexity index is 1340. The normalized spacial score (nSPS) is 15.8. The zero-order valence-electron chi connectivity index (χ0n) is 19.8. The van der Waals surface area contributed by atoms with Crippen LogP contribution >= 0.6 is 0 Å². The van der Waals surface area contributed by atoms with Crippen molar-refractivity contribution in [2.24, 2.45) is 0 Å². The molecule has 1 heterocycles. The number of nitrogens with zero attached hydrogens (tertiary/aromatic N) is 3. The molecule has 1 N–H and O–H groups in total. The second kappa shape index (κ2) is 10.4. The molecule has 0 bridgehead atoms. The molecule has 8 heteroatoms. The lowest BCUT2D eigenvalue weighted by atomic mass is 10.0. The number of piperazine rings is 1. The van der Waals surface area contributed by atoms with Gasteiger partial charge in [-0.1, -0.05) is 42.5 Å². The van der Waals surface area contributed by atoms with Crippen LogP contribution in [0.15, 0.2) is 77.7 Å². The number of nitriles is 1. The zero-order chi connectivity index (χ0) is 25.0. The molecule has 0 unspecified atom stereocenters. The Hall–Kier alpha value is -3.51. The molecule has 7 nitrogen and oxygen atoms in total. The second-order valence-electron chi connectivity index (χ2n) is 8.70. The molecular weight excluding hydrogens is 460 g/mol. The summed E-state index contributed by atoms with van der Waals surface area (Å²) in [6.45, 7) is 5.30. The molecule has 0 radical (unpaired) electrons. The van der Waals surface area contributed by atoms with Gasteiger partial charge in [-0.25, -0.2) is 8.42 Å². The standard InChI is InChI=1S/C27H28N4O3S/c1-20-8-9-21(2)25(18-20)29-27(32)26(23-6-4-3-5-7-23)30-14-16-31(17-15-30)35(33,34)24-12-10-22(19-28)11-13-24/h3-13,18,26H,14-17H2,1-2H3,(H,29,32)/t26-/m1/s1. The summed E-state index contributed by atoms with van der Waals surface area (Å²) in [6, 6.07) is 22.9. The third-order valence-electron chi connectivity index (χ3n) is 6.27. The molecule has 1 aliphatic rings. The van der Waals surface area contributed by atoms with Gasteiger partial charge in [0.1, 0.15) is 6.04 Å². The molecule has 1 aliphatic heterocycles. The summed E-state index contributed by atoms with van der Waals surface area (Å²) >= 11 is 0. The summed E-state index contributed by atoms with van der Waals surface area (Å²) < 4.78 is 27.7. The zero-order valence-corrected chi connectivity index (χ0v) is 20.6. The van der Waals surface area contributed by atoms with Crippen molar-refractivity contribution in [1.82, 2.24) is 9.21 Å². The van der Waals surface area contributed by atoms with Crippen molar-refractivity contribution >= 4 is 21.6 Å². The van der Waals surface area contributed by atoms with Gasteiger partial charge in [0.25, 0.3) is 0 Å². The van der Waals surface area contributed by atoms with Gasteiger partial charge in [0.15, 0.2) is 0 Å². The number of carbonyl (C=O) groups excluding carboxylic acids is 1. The topological polar surface area (TPSA) is 93.5 Å². The minimum absolute atomic E-state index is 0.145. The molecule has 1 saturated heterocycles. The highest BCUT2D eigenvalue weighted by Crippen LogP contribution is 2.27. The lowest BCUT2D eigenvalue weighted by Crippen LogP contribution is -2.51. The quantitative estimate of drug-likeness (QED) is 0.569. The monoisotopic (exact) mass is 488 g/mol. The van der Waals surface area contributed by atoms with Crippen LogP contribution in [0.5, 0.6) is 0 Å². The molecule has 1 atom stereocenters. The molecule has 3 aromatic rings. The highest BCUT2D eigenvalue weighted by Gasteiger charge is 2.34. The number of hydrogen-bond acceptors (Lipinski definition) is 5. The van der Waals surface area contributed by atoms with Crippen LogP contribution in [0, 0.1) is 25.2 Å².